The minimum atomic E-state index is -1.32. The Morgan fingerprint density at radius 3 is 2.90 bits per heavy atom. The zero-order valence-electron chi connectivity index (χ0n) is 10.9. The topological polar surface area (TPSA) is 86.6 Å². The van der Waals surface area contributed by atoms with Crippen LogP contribution in [0.25, 0.3) is 0 Å². The number of likely N-dealkylation sites (N-methyl/N-ethyl adjacent to an activating group) is 1. The molecule has 0 bridgehead atoms. The first-order valence-corrected chi connectivity index (χ1v) is 7.65. The maximum atomic E-state index is 12.2. The normalized spacial score (nSPS) is 37.0. The molecule has 3 aliphatic rings. The molecule has 1 aromatic heterocycles. The van der Waals surface area contributed by atoms with Crippen LogP contribution < -0.4 is 10.6 Å². The number of carbonyl (C=O) groups is 2. The van der Waals surface area contributed by atoms with Crippen molar-refractivity contribution in [2.45, 2.75) is 30.3 Å². The van der Waals surface area contributed by atoms with Gasteiger partial charge in [0.15, 0.2) is 5.72 Å². The highest BCUT2D eigenvalue weighted by Crippen LogP contribution is 2.47. The van der Waals surface area contributed by atoms with E-state index < -0.39 is 11.8 Å². The van der Waals surface area contributed by atoms with Crippen LogP contribution >= 0.6 is 27.5 Å². The summed E-state index contributed by atoms with van der Waals surface area (Å²) >= 11 is 9.49. The average Bonchev–Trinajstić information content (AvgIpc) is 2.95. The molecule has 21 heavy (non-hydrogen) atoms. The third-order valence-corrected chi connectivity index (χ3v) is 6.06. The fourth-order valence-corrected chi connectivity index (χ4v) is 4.42. The van der Waals surface area contributed by atoms with Crippen LogP contribution in [0.3, 0.4) is 0 Å². The molecule has 2 fully saturated rings. The molecule has 112 valence electrons. The van der Waals surface area contributed by atoms with Gasteiger partial charge < -0.3 is 20.3 Å². The van der Waals surface area contributed by atoms with Gasteiger partial charge in [-0.05, 0) is 22.0 Å². The number of aromatic nitrogens is 1. The number of nitrogens with one attached hydrogen (secondary N) is 2. The molecule has 3 amide bonds. The van der Waals surface area contributed by atoms with Crippen molar-refractivity contribution in [1.82, 2.24) is 20.1 Å². The van der Waals surface area contributed by atoms with Crippen molar-refractivity contribution in [3.05, 3.63) is 21.4 Å². The number of halogens is 2. The van der Waals surface area contributed by atoms with E-state index in [-0.39, 0.29) is 24.0 Å². The Kier molecular flexibility index (Phi) is 2.51. The van der Waals surface area contributed by atoms with Gasteiger partial charge in [-0.1, -0.05) is 11.6 Å². The van der Waals surface area contributed by atoms with E-state index in [2.05, 4.69) is 26.6 Å². The van der Waals surface area contributed by atoms with Crippen LogP contribution in [0.15, 0.2) is 10.7 Å². The lowest BCUT2D eigenvalue weighted by Gasteiger charge is -2.32. The van der Waals surface area contributed by atoms with Gasteiger partial charge in [-0.25, -0.2) is 4.79 Å². The first kappa shape index (κ1) is 13.4. The lowest BCUT2D eigenvalue weighted by molar-refractivity contribution is -0.0561. The molecule has 1 saturated heterocycles. The number of amides is 3. The molecule has 3 N–H and O–H groups in total. The molecular weight excluding hydrogens is 364 g/mol. The monoisotopic (exact) mass is 374 g/mol. The molecule has 1 aromatic rings. The van der Waals surface area contributed by atoms with Gasteiger partial charge in [0.25, 0.3) is 5.91 Å². The fourth-order valence-electron chi connectivity index (χ4n) is 3.65. The van der Waals surface area contributed by atoms with Crippen LogP contribution in [0, 0.1) is 0 Å². The summed E-state index contributed by atoms with van der Waals surface area (Å²) in [6.07, 6.45) is 0.314. The Morgan fingerprint density at radius 2 is 2.19 bits per heavy atom. The number of hydrogen-bond acceptors (Lipinski definition) is 3. The first-order chi connectivity index (χ1) is 9.84. The van der Waals surface area contributed by atoms with Crippen LogP contribution in [0.4, 0.5) is 4.79 Å². The van der Waals surface area contributed by atoms with E-state index in [0.717, 1.165) is 0 Å². The summed E-state index contributed by atoms with van der Waals surface area (Å²) in [4.78, 5) is 25.3. The van der Waals surface area contributed by atoms with E-state index in [1.807, 2.05) is 0 Å². The van der Waals surface area contributed by atoms with E-state index in [1.165, 1.54) is 4.90 Å². The number of urea groups is 1. The number of hydrogen-bond donors (Lipinski definition) is 3. The average molecular weight is 376 g/mol. The highest BCUT2D eigenvalue weighted by Gasteiger charge is 2.63. The van der Waals surface area contributed by atoms with Crippen LogP contribution in [0.5, 0.6) is 0 Å². The van der Waals surface area contributed by atoms with Gasteiger partial charge in [0.05, 0.1) is 17.1 Å². The zero-order valence-corrected chi connectivity index (χ0v) is 13.3. The highest BCUT2D eigenvalue weighted by atomic mass is 79.9. The third-order valence-electron chi connectivity index (χ3n) is 4.74. The summed E-state index contributed by atoms with van der Waals surface area (Å²) in [5.41, 5.74) is -0.872. The number of fused-ring (bicyclic) bond motifs is 5. The summed E-state index contributed by atoms with van der Waals surface area (Å²) in [6, 6.07) is 0.134. The highest BCUT2D eigenvalue weighted by molar-refractivity contribution is 9.10. The molecule has 4 atom stereocenters. The predicted molar refractivity (Wildman–Crippen MR) is 77.1 cm³/mol. The summed E-state index contributed by atoms with van der Waals surface area (Å²) in [7, 11) is 1.55. The molecule has 7 nitrogen and oxygen atoms in total. The van der Waals surface area contributed by atoms with Crippen molar-refractivity contribution in [3.63, 3.8) is 0 Å². The smallest absolute Gasteiger partial charge is 0.319 e. The lowest BCUT2D eigenvalue weighted by atomic mass is 10.1. The number of aliphatic hydroxyl groups is 1. The summed E-state index contributed by atoms with van der Waals surface area (Å²) < 4.78 is 2.41. The quantitative estimate of drug-likeness (QED) is 0.623. The number of carbonyl (C=O) groups excluding carboxylic acids is 2. The van der Waals surface area contributed by atoms with Crippen molar-refractivity contribution in [1.29, 1.82) is 0 Å². The maximum Gasteiger partial charge on any atom is 0.319 e. The molecule has 1 saturated carbocycles. The van der Waals surface area contributed by atoms with Gasteiger partial charge in [0, 0.05) is 13.5 Å². The van der Waals surface area contributed by atoms with Crippen molar-refractivity contribution in [2.75, 3.05) is 7.05 Å². The molecule has 4 rings (SSSR count). The Hall–Kier alpha value is -1.25. The van der Waals surface area contributed by atoms with E-state index in [4.69, 9.17) is 11.6 Å². The second-order valence-corrected chi connectivity index (χ2v) is 6.83. The maximum absolute atomic E-state index is 12.2. The second kappa shape index (κ2) is 3.93. The SMILES string of the molecule is CN1C(=O)N[C@H]2[C@@H]3NC(=O)c4cc(Cl)c(Br)n4[C@@H]3C[C@]21O. The standard InChI is InChI=1S/C12H12BrClN4O3/c1-17-11(20)16-8-7-6(3-12(8,17)21)18-5(10(19)15-7)2-4(14)9(18)13/h2,6-8,21H,3H2,1H3,(H,15,19)(H,16,20)/t6-,7-,8+,12+/m1/s1. The first-order valence-electron chi connectivity index (χ1n) is 6.48. The van der Waals surface area contributed by atoms with Crippen molar-refractivity contribution < 1.29 is 14.7 Å². The molecule has 1 aliphatic carbocycles. The molecule has 0 spiro atoms. The largest absolute Gasteiger partial charge is 0.368 e. The van der Waals surface area contributed by atoms with Gasteiger partial charge in [0.1, 0.15) is 16.3 Å². The molecule has 9 heteroatoms. The van der Waals surface area contributed by atoms with Gasteiger partial charge in [0.2, 0.25) is 0 Å². The Balaban J connectivity index is 1.85. The summed E-state index contributed by atoms with van der Waals surface area (Å²) in [6.45, 7) is 0. The van der Waals surface area contributed by atoms with Crippen LogP contribution in [0.1, 0.15) is 23.0 Å². The van der Waals surface area contributed by atoms with Gasteiger partial charge in [-0.15, -0.1) is 0 Å². The molecule has 3 heterocycles. The fraction of sp³-hybridized carbons (Fsp3) is 0.500. The minimum absolute atomic E-state index is 0.183. The molecule has 0 aromatic carbocycles. The number of nitrogens with zero attached hydrogens (tertiary/aromatic N) is 2. The molecule has 0 radical (unpaired) electrons. The molecule has 2 aliphatic heterocycles. The van der Waals surface area contributed by atoms with Gasteiger partial charge in [-0.2, -0.15) is 0 Å². The minimum Gasteiger partial charge on any atom is -0.368 e. The van der Waals surface area contributed by atoms with Gasteiger partial charge in [-0.3, -0.25) is 9.69 Å². The number of rotatable bonds is 0. The molecule has 0 unspecified atom stereocenters. The third kappa shape index (κ3) is 1.47. The Morgan fingerprint density at radius 1 is 1.48 bits per heavy atom. The molecular formula is C12H12BrClN4O3. The van der Waals surface area contributed by atoms with E-state index in [0.29, 0.717) is 21.7 Å². The van der Waals surface area contributed by atoms with Crippen LogP contribution in [-0.2, 0) is 0 Å². The summed E-state index contributed by atoms with van der Waals surface area (Å²) in [5, 5.41) is 16.9. The predicted octanol–water partition coefficient (Wildman–Crippen LogP) is 0.673. The van der Waals surface area contributed by atoms with Crippen molar-refractivity contribution in [3.8, 4) is 0 Å². The van der Waals surface area contributed by atoms with Gasteiger partial charge >= 0.3 is 6.03 Å². The van der Waals surface area contributed by atoms with Crippen LogP contribution in [-0.4, -0.2) is 51.4 Å². The Bertz CT molecular complexity index is 692. The van der Waals surface area contributed by atoms with E-state index in [1.54, 1.807) is 17.7 Å². The van der Waals surface area contributed by atoms with E-state index >= 15 is 0 Å². The second-order valence-electron chi connectivity index (χ2n) is 5.67. The van der Waals surface area contributed by atoms with Crippen molar-refractivity contribution >= 4 is 39.5 Å². The zero-order chi connectivity index (χ0) is 15.1. The van der Waals surface area contributed by atoms with E-state index in [9.17, 15) is 14.7 Å². The van der Waals surface area contributed by atoms with Crippen molar-refractivity contribution in [2.24, 2.45) is 0 Å². The van der Waals surface area contributed by atoms with Crippen LogP contribution in [0.2, 0.25) is 5.02 Å². The lowest BCUT2D eigenvalue weighted by Crippen LogP contribution is -2.56. The Labute approximate surface area is 133 Å². The summed E-state index contributed by atoms with van der Waals surface area (Å²) in [5.74, 6) is -0.267.